The summed E-state index contributed by atoms with van der Waals surface area (Å²) < 4.78 is 5.80. The number of ether oxygens (including phenoxy) is 1. The number of hydrogen-bond acceptors (Lipinski definition) is 3. The van der Waals surface area contributed by atoms with Crippen LogP contribution in [0.4, 0.5) is 0 Å². The number of hydrogen-bond donors (Lipinski definition) is 1. The van der Waals surface area contributed by atoms with Crippen molar-refractivity contribution in [2.24, 2.45) is 0 Å². The Labute approximate surface area is 204 Å². The van der Waals surface area contributed by atoms with Crippen molar-refractivity contribution in [1.29, 1.82) is 0 Å². The van der Waals surface area contributed by atoms with Gasteiger partial charge < -0.3 is 9.84 Å². The lowest BCUT2D eigenvalue weighted by atomic mass is 10.0. The molecule has 4 nitrogen and oxygen atoms in total. The Balaban J connectivity index is 3.88. The van der Waals surface area contributed by atoms with Crippen LogP contribution in [0.25, 0.3) is 0 Å². The monoisotopic (exact) mass is 464 g/mol. The number of allylic oxidation sites excluding steroid dienone is 4. The van der Waals surface area contributed by atoms with E-state index < -0.39 is 5.97 Å². The van der Waals surface area contributed by atoms with Crippen LogP contribution >= 0.6 is 0 Å². The summed E-state index contributed by atoms with van der Waals surface area (Å²) in [4.78, 5) is 22.9. The van der Waals surface area contributed by atoms with Gasteiger partial charge in [0.1, 0.15) is 6.10 Å². The summed E-state index contributed by atoms with van der Waals surface area (Å²) in [6, 6.07) is 0. The number of unbranched alkanes of at least 4 members (excludes halogenated alkanes) is 11. The lowest BCUT2D eigenvalue weighted by Crippen LogP contribution is -2.18. The van der Waals surface area contributed by atoms with Gasteiger partial charge in [-0.05, 0) is 64.2 Å². The largest absolute Gasteiger partial charge is 0.481 e. The van der Waals surface area contributed by atoms with E-state index >= 15 is 0 Å². The maximum atomic E-state index is 12.3. The van der Waals surface area contributed by atoms with Crippen molar-refractivity contribution in [2.75, 3.05) is 0 Å². The molecule has 0 spiro atoms. The molecule has 0 aliphatic heterocycles. The summed E-state index contributed by atoms with van der Waals surface area (Å²) in [6.45, 7) is 4.40. The molecule has 192 valence electrons. The fourth-order valence-corrected chi connectivity index (χ4v) is 3.87. The molecule has 1 atom stereocenters. The molecule has 0 saturated carbocycles. The molecule has 0 aliphatic carbocycles. The maximum Gasteiger partial charge on any atom is 0.306 e. The second kappa shape index (κ2) is 25.1. The summed E-state index contributed by atoms with van der Waals surface area (Å²) >= 11 is 0. The zero-order chi connectivity index (χ0) is 24.4. The highest BCUT2D eigenvalue weighted by molar-refractivity contribution is 5.69. The van der Waals surface area contributed by atoms with Crippen LogP contribution < -0.4 is 0 Å². The minimum atomic E-state index is -0.732. The van der Waals surface area contributed by atoms with Gasteiger partial charge >= 0.3 is 11.9 Å². The Bertz CT molecular complexity index is 510. The van der Waals surface area contributed by atoms with Crippen molar-refractivity contribution in [3.63, 3.8) is 0 Å². The third-order valence-electron chi connectivity index (χ3n) is 5.91. The lowest BCUT2D eigenvalue weighted by Gasteiger charge is -2.18. The molecule has 0 heterocycles. The number of carbonyl (C=O) groups is 2. The van der Waals surface area contributed by atoms with Gasteiger partial charge in [-0.3, -0.25) is 9.59 Å². The van der Waals surface area contributed by atoms with Crippen LogP contribution in [0.15, 0.2) is 24.3 Å². The minimum Gasteiger partial charge on any atom is -0.481 e. The number of carboxylic acid groups (broad SMARTS) is 1. The molecule has 0 aliphatic rings. The van der Waals surface area contributed by atoms with Crippen LogP contribution in [0, 0.1) is 0 Å². The zero-order valence-corrected chi connectivity index (χ0v) is 21.7. The van der Waals surface area contributed by atoms with E-state index in [1.807, 2.05) is 0 Å². The van der Waals surface area contributed by atoms with Crippen LogP contribution in [-0.2, 0) is 14.3 Å². The predicted molar refractivity (Wildman–Crippen MR) is 139 cm³/mol. The molecule has 4 heteroatoms. The Morgan fingerprint density at radius 3 is 1.91 bits per heavy atom. The van der Waals surface area contributed by atoms with Crippen LogP contribution in [0.3, 0.4) is 0 Å². The van der Waals surface area contributed by atoms with Crippen molar-refractivity contribution >= 4 is 11.9 Å². The minimum absolute atomic E-state index is 0.00258. The van der Waals surface area contributed by atoms with E-state index in [0.29, 0.717) is 12.8 Å². The topological polar surface area (TPSA) is 63.6 Å². The summed E-state index contributed by atoms with van der Waals surface area (Å²) in [5.41, 5.74) is 0. The van der Waals surface area contributed by atoms with Gasteiger partial charge in [-0.15, -0.1) is 0 Å². The van der Waals surface area contributed by atoms with Crippen LogP contribution in [0.5, 0.6) is 0 Å². The van der Waals surface area contributed by atoms with Gasteiger partial charge in [-0.1, -0.05) is 89.5 Å². The second-order valence-electron chi connectivity index (χ2n) is 9.23. The number of esters is 1. The van der Waals surface area contributed by atoms with Crippen molar-refractivity contribution < 1.29 is 19.4 Å². The molecular formula is C29H52O4. The fraction of sp³-hybridized carbons (Fsp3) is 0.793. The van der Waals surface area contributed by atoms with Gasteiger partial charge in [0.25, 0.3) is 0 Å². The van der Waals surface area contributed by atoms with Gasteiger partial charge in [0.2, 0.25) is 0 Å². The summed E-state index contributed by atoms with van der Waals surface area (Å²) in [6.07, 6.45) is 29.1. The summed E-state index contributed by atoms with van der Waals surface area (Å²) in [5, 5.41) is 8.75. The number of rotatable bonds is 24. The van der Waals surface area contributed by atoms with E-state index in [2.05, 4.69) is 38.2 Å². The van der Waals surface area contributed by atoms with E-state index in [1.165, 1.54) is 51.4 Å². The van der Waals surface area contributed by atoms with Gasteiger partial charge in [0, 0.05) is 12.8 Å². The molecule has 0 aromatic rings. The van der Waals surface area contributed by atoms with Crippen molar-refractivity contribution in [1.82, 2.24) is 0 Å². The zero-order valence-electron chi connectivity index (χ0n) is 21.7. The molecule has 0 fully saturated rings. The average molecular weight is 465 g/mol. The molecular weight excluding hydrogens is 412 g/mol. The van der Waals surface area contributed by atoms with E-state index in [4.69, 9.17) is 9.84 Å². The number of aliphatic carboxylic acids is 1. The van der Waals surface area contributed by atoms with Gasteiger partial charge in [0.05, 0.1) is 0 Å². The Morgan fingerprint density at radius 1 is 0.667 bits per heavy atom. The van der Waals surface area contributed by atoms with Crippen LogP contribution in [0.2, 0.25) is 0 Å². The molecule has 0 rings (SSSR count). The Hall–Kier alpha value is -1.58. The highest BCUT2D eigenvalue weighted by Gasteiger charge is 2.14. The second-order valence-corrected chi connectivity index (χ2v) is 9.23. The van der Waals surface area contributed by atoms with Crippen molar-refractivity contribution in [3.05, 3.63) is 24.3 Å². The SMILES string of the molecule is CCC/C=C\C/C=C\CCCCCCCC(=O)OC(CCCCCC)CCCCCC(=O)O. The molecule has 0 radical (unpaired) electrons. The van der Waals surface area contributed by atoms with Gasteiger partial charge in [-0.2, -0.15) is 0 Å². The molecule has 1 unspecified atom stereocenters. The van der Waals surface area contributed by atoms with Crippen molar-refractivity contribution in [3.8, 4) is 0 Å². The quantitative estimate of drug-likeness (QED) is 0.0879. The number of carboxylic acids is 1. The Kier molecular flexibility index (Phi) is 23.9. The predicted octanol–water partition coefficient (Wildman–Crippen LogP) is 8.94. The van der Waals surface area contributed by atoms with Crippen LogP contribution in [-0.4, -0.2) is 23.1 Å². The summed E-state index contributed by atoms with van der Waals surface area (Å²) in [5.74, 6) is -0.788. The van der Waals surface area contributed by atoms with E-state index in [9.17, 15) is 9.59 Å². The lowest BCUT2D eigenvalue weighted by molar-refractivity contribution is -0.150. The molecule has 0 aromatic heterocycles. The Morgan fingerprint density at radius 2 is 1.24 bits per heavy atom. The highest BCUT2D eigenvalue weighted by atomic mass is 16.5. The van der Waals surface area contributed by atoms with Gasteiger partial charge in [-0.25, -0.2) is 0 Å². The first kappa shape index (κ1) is 31.4. The van der Waals surface area contributed by atoms with E-state index in [0.717, 1.165) is 57.8 Å². The average Bonchev–Trinajstić information content (AvgIpc) is 2.79. The molecule has 0 aromatic carbocycles. The van der Waals surface area contributed by atoms with Crippen LogP contribution in [0.1, 0.15) is 142 Å². The first-order chi connectivity index (χ1) is 16.1. The molecule has 0 saturated heterocycles. The first-order valence-corrected chi connectivity index (χ1v) is 13.8. The standard InChI is InChI=1S/C29H52O4/c1-3-5-7-9-10-11-12-13-14-15-16-17-22-26-29(32)33-27(23-19-8-6-4-2)24-20-18-21-25-28(30)31/h7,9,11-12,27H,3-6,8,10,13-26H2,1-2H3,(H,30,31)/b9-7-,12-11-. The molecule has 33 heavy (non-hydrogen) atoms. The molecule has 0 amide bonds. The fourth-order valence-electron chi connectivity index (χ4n) is 3.87. The van der Waals surface area contributed by atoms with E-state index in [-0.39, 0.29) is 18.5 Å². The van der Waals surface area contributed by atoms with E-state index in [1.54, 1.807) is 0 Å². The third-order valence-corrected chi connectivity index (χ3v) is 5.91. The molecule has 1 N–H and O–H groups in total. The number of carbonyl (C=O) groups excluding carboxylic acids is 1. The third kappa shape index (κ3) is 24.9. The summed E-state index contributed by atoms with van der Waals surface area (Å²) in [7, 11) is 0. The highest BCUT2D eigenvalue weighted by Crippen LogP contribution is 2.17. The normalized spacial score (nSPS) is 12.5. The maximum absolute atomic E-state index is 12.3. The smallest absolute Gasteiger partial charge is 0.306 e. The molecule has 0 bridgehead atoms. The first-order valence-electron chi connectivity index (χ1n) is 13.8. The van der Waals surface area contributed by atoms with Crippen molar-refractivity contribution in [2.45, 2.75) is 148 Å². The van der Waals surface area contributed by atoms with Gasteiger partial charge in [0.15, 0.2) is 0 Å².